The SMILES string of the molecule is CC(C)c1nc(C(=O)NCc2ccc(-c3ccnc4[nH]nc(N5CCC(N)C5)c34)cc2F)co1. The maximum Gasteiger partial charge on any atom is 0.273 e. The Hall–Kier alpha value is -3.79. The van der Waals surface area contributed by atoms with E-state index in [1.807, 2.05) is 26.0 Å². The molecule has 1 amide bonds. The number of hydrogen-bond acceptors (Lipinski definition) is 7. The number of aromatic nitrogens is 4. The Bertz CT molecular complexity index is 1350. The minimum atomic E-state index is -0.418. The molecule has 34 heavy (non-hydrogen) atoms. The standard InChI is InChI=1S/C24H26FN7O2/c1-13(2)24-29-19(12-34-24)23(33)28-10-15-4-3-14(9-18(15)25)17-5-7-27-21-20(17)22(31-30-21)32-8-6-16(26)11-32/h3-5,7,9,12-13,16H,6,8,10-11,26H2,1-2H3,(H,28,33)(H,27,30,31). The zero-order valence-electron chi connectivity index (χ0n) is 19.0. The maximum absolute atomic E-state index is 15.0. The molecule has 1 aromatic carbocycles. The molecule has 0 saturated carbocycles. The number of oxazole rings is 1. The number of aromatic amines is 1. The number of nitrogens with two attached hydrogens (primary N) is 1. The summed E-state index contributed by atoms with van der Waals surface area (Å²) in [6, 6.07) is 6.93. The predicted molar refractivity (Wildman–Crippen MR) is 126 cm³/mol. The molecule has 10 heteroatoms. The van der Waals surface area contributed by atoms with Crippen LogP contribution in [0.5, 0.6) is 0 Å². The first-order valence-corrected chi connectivity index (χ1v) is 11.3. The van der Waals surface area contributed by atoms with Crippen molar-refractivity contribution in [3.63, 3.8) is 0 Å². The van der Waals surface area contributed by atoms with Crippen LogP contribution in [0, 0.1) is 5.82 Å². The average molecular weight is 464 g/mol. The fourth-order valence-corrected chi connectivity index (χ4v) is 4.17. The monoisotopic (exact) mass is 463 g/mol. The summed E-state index contributed by atoms with van der Waals surface area (Å²) in [4.78, 5) is 23.0. The van der Waals surface area contributed by atoms with Crippen molar-refractivity contribution >= 4 is 22.8 Å². The van der Waals surface area contributed by atoms with E-state index in [2.05, 4.69) is 30.4 Å². The van der Waals surface area contributed by atoms with Gasteiger partial charge in [0.15, 0.2) is 23.0 Å². The van der Waals surface area contributed by atoms with E-state index < -0.39 is 11.7 Å². The van der Waals surface area contributed by atoms with Gasteiger partial charge in [-0.15, -0.1) is 0 Å². The molecule has 9 nitrogen and oxygen atoms in total. The lowest BCUT2D eigenvalue weighted by Gasteiger charge is -2.16. The van der Waals surface area contributed by atoms with E-state index in [0.29, 0.717) is 29.2 Å². The predicted octanol–water partition coefficient (Wildman–Crippen LogP) is 3.34. The summed E-state index contributed by atoms with van der Waals surface area (Å²) < 4.78 is 20.3. The van der Waals surface area contributed by atoms with Gasteiger partial charge in [-0.25, -0.2) is 14.4 Å². The summed E-state index contributed by atoms with van der Waals surface area (Å²) in [5.74, 6) is 0.500. The van der Waals surface area contributed by atoms with Crippen molar-refractivity contribution in [1.82, 2.24) is 25.5 Å². The van der Waals surface area contributed by atoms with Crippen molar-refractivity contribution in [2.45, 2.75) is 38.8 Å². The number of H-pyrrole nitrogens is 1. The van der Waals surface area contributed by atoms with Crippen LogP contribution in [-0.2, 0) is 6.54 Å². The minimum absolute atomic E-state index is 0.0310. The van der Waals surface area contributed by atoms with Crippen molar-refractivity contribution < 1.29 is 13.6 Å². The quantitative estimate of drug-likeness (QED) is 0.400. The van der Waals surface area contributed by atoms with Gasteiger partial charge < -0.3 is 20.4 Å². The fourth-order valence-electron chi connectivity index (χ4n) is 4.17. The van der Waals surface area contributed by atoms with Crippen LogP contribution in [0.4, 0.5) is 10.2 Å². The Balaban J connectivity index is 1.37. The molecule has 5 rings (SSSR count). The largest absolute Gasteiger partial charge is 0.448 e. The first-order valence-electron chi connectivity index (χ1n) is 11.3. The Morgan fingerprint density at radius 2 is 2.24 bits per heavy atom. The Morgan fingerprint density at radius 3 is 2.94 bits per heavy atom. The van der Waals surface area contributed by atoms with Crippen LogP contribution in [0.1, 0.15) is 48.1 Å². The fraction of sp³-hybridized carbons (Fsp3) is 0.333. The van der Waals surface area contributed by atoms with Gasteiger partial charge in [0.25, 0.3) is 5.91 Å². The maximum atomic E-state index is 15.0. The van der Waals surface area contributed by atoms with Gasteiger partial charge in [-0.3, -0.25) is 9.89 Å². The second-order valence-electron chi connectivity index (χ2n) is 8.84. The molecular formula is C24H26FN7O2. The molecule has 0 radical (unpaired) electrons. The summed E-state index contributed by atoms with van der Waals surface area (Å²) in [5, 5.41) is 11.0. The first kappa shape index (κ1) is 22.0. The van der Waals surface area contributed by atoms with Crippen molar-refractivity contribution in [3.05, 3.63) is 59.7 Å². The molecule has 4 heterocycles. The zero-order chi connectivity index (χ0) is 23.8. The van der Waals surface area contributed by atoms with E-state index in [4.69, 9.17) is 10.2 Å². The number of benzene rings is 1. The third-order valence-corrected chi connectivity index (χ3v) is 6.02. The molecule has 0 bridgehead atoms. The third-order valence-electron chi connectivity index (χ3n) is 6.02. The van der Waals surface area contributed by atoms with Gasteiger partial charge in [0.05, 0.1) is 5.39 Å². The number of nitrogens with one attached hydrogen (secondary N) is 2. The lowest BCUT2D eigenvalue weighted by molar-refractivity contribution is 0.0945. The van der Waals surface area contributed by atoms with Crippen LogP contribution in [0.2, 0.25) is 0 Å². The van der Waals surface area contributed by atoms with Gasteiger partial charge in [-0.2, -0.15) is 5.10 Å². The van der Waals surface area contributed by atoms with Crippen LogP contribution in [-0.4, -0.2) is 45.2 Å². The highest BCUT2D eigenvalue weighted by Gasteiger charge is 2.25. The lowest BCUT2D eigenvalue weighted by atomic mass is 10.0. The van der Waals surface area contributed by atoms with E-state index in [0.717, 1.165) is 29.7 Å². The van der Waals surface area contributed by atoms with Crippen LogP contribution in [0.25, 0.3) is 22.2 Å². The van der Waals surface area contributed by atoms with Gasteiger partial charge in [-0.1, -0.05) is 26.0 Å². The van der Waals surface area contributed by atoms with E-state index in [-0.39, 0.29) is 24.2 Å². The number of nitrogens with zero attached hydrogens (tertiary/aromatic N) is 4. The molecule has 4 N–H and O–H groups in total. The van der Waals surface area contributed by atoms with E-state index in [1.165, 1.54) is 12.3 Å². The average Bonchev–Trinajstić information content (AvgIpc) is 3.57. The number of amides is 1. The highest BCUT2D eigenvalue weighted by molar-refractivity contribution is 6.00. The zero-order valence-corrected chi connectivity index (χ0v) is 19.0. The second-order valence-corrected chi connectivity index (χ2v) is 8.84. The number of fused-ring (bicyclic) bond motifs is 1. The topological polar surface area (TPSA) is 126 Å². The first-order chi connectivity index (χ1) is 16.4. The van der Waals surface area contributed by atoms with Gasteiger partial charge in [0.2, 0.25) is 0 Å². The molecular weight excluding hydrogens is 437 g/mol. The molecule has 0 spiro atoms. The van der Waals surface area contributed by atoms with Crippen molar-refractivity contribution in [2.75, 3.05) is 18.0 Å². The van der Waals surface area contributed by atoms with Crippen LogP contribution < -0.4 is 16.0 Å². The van der Waals surface area contributed by atoms with Crippen LogP contribution in [0.15, 0.2) is 41.1 Å². The smallest absolute Gasteiger partial charge is 0.273 e. The van der Waals surface area contributed by atoms with E-state index in [9.17, 15) is 4.79 Å². The molecule has 1 aliphatic rings. The summed E-state index contributed by atoms with van der Waals surface area (Å²) in [6.45, 7) is 5.41. The van der Waals surface area contributed by atoms with Crippen LogP contribution >= 0.6 is 0 Å². The highest BCUT2D eigenvalue weighted by Crippen LogP contribution is 2.35. The van der Waals surface area contributed by atoms with Crippen LogP contribution in [0.3, 0.4) is 0 Å². The molecule has 1 saturated heterocycles. The Morgan fingerprint density at radius 1 is 1.38 bits per heavy atom. The minimum Gasteiger partial charge on any atom is -0.448 e. The number of rotatable bonds is 6. The number of halogens is 1. The lowest BCUT2D eigenvalue weighted by Crippen LogP contribution is -2.26. The number of anilines is 1. The molecule has 3 aromatic heterocycles. The van der Waals surface area contributed by atoms with Crippen molar-refractivity contribution in [1.29, 1.82) is 0 Å². The summed E-state index contributed by atoms with van der Waals surface area (Å²) in [7, 11) is 0. The van der Waals surface area contributed by atoms with E-state index >= 15 is 4.39 Å². The second kappa shape index (κ2) is 8.86. The van der Waals surface area contributed by atoms with Gasteiger partial charge in [-0.05, 0) is 29.7 Å². The molecule has 1 unspecified atom stereocenters. The van der Waals surface area contributed by atoms with Crippen molar-refractivity contribution in [3.8, 4) is 11.1 Å². The molecule has 176 valence electrons. The number of carbonyl (C=O) groups excluding carboxylic acids is 1. The number of carbonyl (C=O) groups is 1. The highest BCUT2D eigenvalue weighted by atomic mass is 19.1. The van der Waals surface area contributed by atoms with Gasteiger partial charge in [0, 0.05) is 43.4 Å². The van der Waals surface area contributed by atoms with Gasteiger partial charge in [0.1, 0.15) is 12.1 Å². The molecule has 0 aliphatic carbocycles. The normalized spacial score (nSPS) is 16.0. The summed E-state index contributed by atoms with van der Waals surface area (Å²) >= 11 is 0. The third kappa shape index (κ3) is 4.12. The molecule has 1 fully saturated rings. The van der Waals surface area contributed by atoms with E-state index in [1.54, 1.807) is 12.3 Å². The summed E-state index contributed by atoms with van der Waals surface area (Å²) in [5.41, 5.74) is 8.78. The van der Waals surface area contributed by atoms with Crippen molar-refractivity contribution in [2.24, 2.45) is 5.73 Å². The Labute approximate surface area is 195 Å². The summed E-state index contributed by atoms with van der Waals surface area (Å²) in [6.07, 6.45) is 3.88. The van der Waals surface area contributed by atoms with Gasteiger partial charge >= 0.3 is 0 Å². The molecule has 4 aromatic rings. The molecule has 1 aliphatic heterocycles. The number of pyridine rings is 1. The molecule has 1 atom stereocenters. The number of hydrogen-bond donors (Lipinski definition) is 3. The Kier molecular flexibility index (Phi) is 5.74.